The largest absolute Gasteiger partial charge is 0.466 e. The van der Waals surface area contributed by atoms with Crippen molar-refractivity contribution in [2.24, 2.45) is 0 Å². The monoisotopic (exact) mass is 253 g/mol. The molecule has 3 nitrogen and oxygen atoms in total. The van der Waals surface area contributed by atoms with Crippen LogP contribution in [0.2, 0.25) is 0 Å². The van der Waals surface area contributed by atoms with E-state index < -0.39 is 0 Å². The van der Waals surface area contributed by atoms with Gasteiger partial charge in [0.15, 0.2) is 0 Å². The molecule has 0 radical (unpaired) electrons. The molecule has 0 aliphatic rings. The van der Waals surface area contributed by atoms with Gasteiger partial charge in [-0.25, -0.2) is 4.79 Å². The van der Waals surface area contributed by atoms with Crippen molar-refractivity contribution in [3.05, 3.63) is 60.3 Å². The Morgan fingerprint density at radius 1 is 1.16 bits per heavy atom. The first kappa shape index (κ1) is 13.0. The first-order valence-corrected chi connectivity index (χ1v) is 5.99. The molecule has 1 aromatic carbocycles. The van der Waals surface area contributed by atoms with Gasteiger partial charge in [-0.2, -0.15) is 0 Å². The van der Waals surface area contributed by atoms with Crippen molar-refractivity contribution in [3.63, 3.8) is 0 Å². The summed E-state index contributed by atoms with van der Waals surface area (Å²) in [6, 6.07) is 13.7. The van der Waals surface area contributed by atoms with Crippen LogP contribution in [-0.2, 0) is 9.53 Å². The number of hydrogen-bond donors (Lipinski definition) is 0. The molecule has 2 aromatic rings. The average molecular weight is 253 g/mol. The normalized spacial score (nSPS) is 11.2. The average Bonchev–Trinajstić information content (AvgIpc) is 2.48. The SMILES string of the molecule is COC(=O)/C=C(\C)c1ccc(-c2ccccn2)cc1. The maximum atomic E-state index is 11.2. The minimum absolute atomic E-state index is 0.341. The minimum Gasteiger partial charge on any atom is -0.466 e. The second kappa shape index (κ2) is 5.96. The summed E-state index contributed by atoms with van der Waals surface area (Å²) in [4.78, 5) is 15.5. The number of rotatable bonds is 3. The molecule has 1 aromatic heterocycles. The molecule has 0 saturated carbocycles. The molecule has 0 atom stereocenters. The van der Waals surface area contributed by atoms with Crippen molar-refractivity contribution >= 4 is 11.5 Å². The molecular formula is C16H15NO2. The highest BCUT2D eigenvalue weighted by Crippen LogP contribution is 2.20. The first-order chi connectivity index (χ1) is 9.20. The van der Waals surface area contributed by atoms with Gasteiger partial charge in [-0.05, 0) is 30.2 Å². The van der Waals surface area contributed by atoms with Crippen molar-refractivity contribution in [2.45, 2.75) is 6.92 Å². The highest BCUT2D eigenvalue weighted by atomic mass is 16.5. The number of nitrogens with zero attached hydrogens (tertiary/aromatic N) is 1. The molecule has 0 N–H and O–H groups in total. The number of aromatic nitrogens is 1. The summed E-state index contributed by atoms with van der Waals surface area (Å²) in [6.45, 7) is 1.88. The number of ether oxygens (including phenoxy) is 1. The smallest absolute Gasteiger partial charge is 0.330 e. The number of allylic oxidation sites excluding steroid dienone is 1. The Morgan fingerprint density at radius 2 is 1.89 bits per heavy atom. The fraction of sp³-hybridized carbons (Fsp3) is 0.125. The lowest BCUT2D eigenvalue weighted by Gasteiger charge is -2.04. The van der Waals surface area contributed by atoms with Gasteiger partial charge in [0.1, 0.15) is 0 Å². The van der Waals surface area contributed by atoms with Gasteiger partial charge in [0.25, 0.3) is 0 Å². The molecule has 0 aliphatic heterocycles. The third-order valence-corrected chi connectivity index (χ3v) is 2.84. The molecule has 3 heteroatoms. The number of hydrogen-bond acceptors (Lipinski definition) is 3. The highest BCUT2D eigenvalue weighted by molar-refractivity contribution is 5.90. The second-order valence-corrected chi connectivity index (χ2v) is 4.14. The lowest BCUT2D eigenvalue weighted by Crippen LogP contribution is -1.95. The lowest BCUT2D eigenvalue weighted by molar-refractivity contribution is -0.134. The molecule has 0 bridgehead atoms. The summed E-state index contributed by atoms with van der Waals surface area (Å²) in [5.41, 5.74) is 3.85. The summed E-state index contributed by atoms with van der Waals surface area (Å²) >= 11 is 0. The van der Waals surface area contributed by atoms with Gasteiger partial charge in [-0.3, -0.25) is 4.98 Å². The van der Waals surface area contributed by atoms with E-state index in [1.807, 2.05) is 49.4 Å². The molecule has 0 unspecified atom stereocenters. The van der Waals surface area contributed by atoms with Gasteiger partial charge < -0.3 is 4.74 Å². The van der Waals surface area contributed by atoms with E-state index in [-0.39, 0.29) is 5.97 Å². The summed E-state index contributed by atoms with van der Waals surface area (Å²) < 4.78 is 4.61. The van der Waals surface area contributed by atoms with Gasteiger partial charge in [0.2, 0.25) is 0 Å². The molecule has 19 heavy (non-hydrogen) atoms. The summed E-state index contributed by atoms with van der Waals surface area (Å²) in [5.74, 6) is -0.341. The Hall–Kier alpha value is -2.42. The molecule has 1 heterocycles. The van der Waals surface area contributed by atoms with Crippen molar-refractivity contribution in [1.82, 2.24) is 4.98 Å². The standard InChI is InChI=1S/C16H15NO2/c1-12(11-16(18)19-2)13-6-8-14(9-7-13)15-5-3-4-10-17-15/h3-11H,1-2H3/b12-11+. The van der Waals surface area contributed by atoms with Gasteiger partial charge in [0.05, 0.1) is 12.8 Å². The maximum Gasteiger partial charge on any atom is 0.330 e. The highest BCUT2D eigenvalue weighted by Gasteiger charge is 2.02. The fourth-order valence-electron chi connectivity index (χ4n) is 1.76. The summed E-state index contributed by atoms with van der Waals surface area (Å²) in [7, 11) is 1.37. The Balaban J connectivity index is 2.24. The Kier molecular flexibility index (Phi) is 4.08. The number of carbonyl (C=O) groups is 1. The van der Waals surface area contributed by atoms with Crippen LogP contribution in [0.1, 0.15) is 12.5 Å². The van der Waals surface area contributed by atoms with Crippen LogP contribution in [0, 0.1) is 0 Å². The number of carbonyl (C=O) groups excluding carboxylic acids is 1. The molecule has 0 saturated heterocycles. The Labute approximate surface area is 112 Å². The van der Waals surface area contributed by atoms with Crippen molar-refractivity contribution < 1.29 is 9.53 Å². The zero-order valence-corrected chi connectivity index (χ0v) is 11.0. The van der Waals surface area contributed by atoms with E-state index in [9.17, 15) is 4.79 Å². The van der Waals surface area contributed by atoms with Crippen molar-refractivity contribution in [2.75, 3.05) is 7.11 Å². The number of pyridine rings is 1. The van der Waals surface area contributed by atoms with Crippen LogP contribution in [0.4, 0.5) is 0 Å². The number of benzene rings is 1. The third kappa shape index (κ3) is 3.28. The summed E-state index contributed by atoms with van der Waals surface area (Å²) in [5, 5.41) is 0. The van der Waals surface area contributed by atoms with Crippen LogP contribution in [0.15, 0.2) is 54.7 Å². The lowest BCUT2D eigenvalue weighted by atomic mass is 10.0. The molecule has 0 amide bonds. The van der Waals surface area contributed by atoms with Crippen LogP contribution in [-0.4, -0.2) is 18.1 Å². The second-order valence-electron chi connectivity index (χ2n) is 4.14. The molecule has 0 fully saturated rings. The molecular weight excluding hydrogens is 238 g/mol. The van der Waals surface area contributed by atoms with Crippen LogP contribution < -0.4 is 0 Å². The predicted molar refractivity (Wildman–Crippen MR) is 75.3 cm³/mol. The molecule has 0 spiro atoms. The molecule has 2 rings (SSSR count). The zero-order valence-electron chi connectivity index (χ0n) is 11.0. The molecule has 0 aliphatic carbocycles. The van der Waals surface area contributed by atoms with E-state index in [4.69, 9.17) is 0 Å². The topological polar surface area (TPSA) is 39.2 Å². The first-order valence-electron chi connectivity index (χ1n) is 5.99. The fourth-order valence-corrected chi connectivity index (χ4v) is 1.76. The number of methoxy groups -OCH3 is 1. The van der Waals surface area contributed by atoms with Gasteiger partial charge >= 0.3 is 5.97 Å². The third-order valence-electron chi connectivity index (χ3n) is 2.84. The minimum atomic E-state index is -0.341. The van der Waals surface area contributed by atoms with Crippen LogP contribution in [0.25, 0.3) is 16.8 Å². The van der Waals surface area contributed by atoms with Crippen molar-refractivity contribution in [1.29, 1.82) is 0 Å². The van der Waals surface area contributed by atoms with Crippen LogP contribution >= 0.6 is 0 Å². The molecule has 96 valence electrons. The van der Waals surface area contributed by atoms with Crippen LogP contribution in [0.3, 0.4) is 0 Å². The predicted octanol–water partition coefficient (Wildman–Crippen LogP) is 3.32. The maximum absolute atomic E-state index is 11.2. The van der Waals surface area contributed by atoms with Gasteiger partial charge in [-0.15, -0.1) is 0 Å². The van der Waals surface area contributed by atoms with E-state index in [0.717, 1.165) is 22.4 Å². The zero-order chi connectivity index (χ0) is 13.7. The van der Waals surface area contributed by atoms with Crippen LogP contribution in [0.5, 0.6) is 0 Å². The van der Waals surface area contributed by atoms with E-state index in [1.54, 1.807) is 6.20 Å². The van der Waals surface area contributed by atoms with Gasteiger partial charge in [-0.1, -0.05) is 30.3 Å². The van der Waals surface area contributed by atoms with E-state index in [0.29, 0.717) is 0 Å². The van der Waals surface area contributed by atoms with Gasteiger partial charge in [0, 0.05) is 17.8 Å². The van der Waals surface area contributed by atoms with E-state index in [2.05, 4.69) is 9.72 Å². The summed E-state index contributed by atoms with van der Waals surface area (Å²) in [6.07, 6.45) is 3.25. The Bertz CT molecular complexity index is 586. The number of esters is 1. The quantitative estimate of drug-likeness (QED) is 0.622. The van der Waals surface area contributed by atoms with E-state index >= 15 is 0 Å². The Morgan fingerprint density at radius 3 is 2.47 bits per heavy atom. The van der Waals surface area contributed by atoms with E-state index in [1.165, 1.54) is 13.2 Å². The van der Waals surface area contributed by atoms with Crippen molar-refractivity contribution in [3.8, 4) is 11.3 Å².